The van der Waals surface area contributed by atoms with Gasteiger partial charge in [0.2, 0.25) is 0 Å². The van der Waals surface area contributed by atoms with Crippen LogP contribution in [0.25, 0.3) is 0 Å². The summed E-state index contributed by atoms with van der Waals surface area (Å²) in [5, 5.41) is 3.53. The van der Waals surface area contributed by atoms with Gasteiger partial charge in [-0.3, -0.25) is 0 Å². The Labute approximate surface area is 103 Å². The molecule has 0 aromatic carbocycles. The zero-order valence-electron chi connectivity index (χ0n) is 12.3. The van der Waals surface area contributed by atoms with Gasteiger partial charge in [0.1, 0.15) is 0 Å². The van der Waals surface area contributed by atoms with Crippen molar-refractivity contribution in [1.82, 2.24) is 5.32 Å². The van der Waals surface area contributed by atoms with Crippen LogP contribution in [-0.4, -0.2) is 13.1 Å². The lowest BCUT2D eigenvalue weighted by Crippen LogP contribution is -2.38. The Hall–Kier alpha value is -0.0400. The van der Waals surface area contributed by atoms with E-state index in [1.165, 1.54) is 32.1 Å². The summed E-state index contributed by atoms with van der Waals surface area (Å²) in [5.41, 5.74) is 0. The lowest BCUT2D eigenvalue weighted by molar-refractivity contribution is 0.187. The summed E-state index contributed by atoms with van der Waals surface area (Å²) < 4.78 is 0. The van der Waals surface area contributed by atoms with Crippen LogP contribution in [0.2, 0.25) is 0 Å². The van der Waals surface area contributed by atoms with Crippen molar-refractivity contribution in [2.24, 2.45) is 17.8 Å². The van der Waals surface area contributed by atoms with Crippen LogP contribution in [0.15, 0.2) is 0 Å². The second-order valence-corrected chi connectivity index (χ2v) is 5.38. The molecule has 0 saturated carbocycles. The Morgan fingerprint density at radius 1 is 0.938 bits per heavy atom. The van der Waals surface area contributed by atoms with Crippen LogP contribution in [0.1, 0.15) is 66.7 Å². The molecule has 1 heteroatoms. The molecule has 0 spiro atoms. The van der Waals surface area contributed by atoms with Crippen molar-refractivity contribution in [3.63, 3.8) is 0 Å². The van der Waals surface area contributed by atoms with Gasteiger partial charge in [0, 0.05) is 6.04 Å². The Morgan fingerprint density at radius 3 is 1.88 bits per heavy atom. The molecule has 16 heavy (non-hydrogen) atoms. The molecule has 0 aromatic rings. The molecule has 0 radical (unpaired) electrons. The summed E-state index contributed by atoms with van der Waals surface area (Å²) in [7, 11) is 2.13. The summed E-state index contributed by atoms with van der Waals surface area (Å²) in [6.45, 7) is 11.8. The van der Waals surface area contributed by atoms with E-state index in [0.29, 0.717) is 6.04 Å². The Bertz CT molecular complexity index is 156. The van der Waals surface area contributed by atoms with Crippen molar-refractivity contribution in [2.75, 3.05) is 7.05 Å². The van der Waals surface area contributed by atoms with Gasteiger partial charge in [-0.25, -0.2) is 0 Å². The van der Waals surface area contributed by atoms with E-state index in [9.17, 15) is 0 Å². The molecule has 0 aromatic heterocycles. The van der Waals surface area contributed by atoms with Gasteiger partial charge >= 0.3 is 0 Å². The molecule has 0 amide bonds. The summed E-state index contributed by atoms with van der Waals surface area (Å²) >= 11 is 0. The fraction of sp³-hybridized carbons (Fsp3) is 1.00. The first-order chi connectivity index (χ1) is 7.62. The maximum Gasteiger partial charge on any atom is 0.00947 e. The molecule has 0 heterocycles. The van der Waals surface area contributed by atoms with E-state index in [1.807, 2.05) is 0 Å². The van der Waals surface area contributed by atoms with Crippen molar-refractivity contribution in [1.29, 1.82) is 0 Å². The van der Waals surface area contributed by atoms with Gasteiger partial charge in [0.25, 0.3) is 0 Å². The minimum atomic E-state index is 0.712. The average molecular weight is 227 g/mol. The summed E-state index contributed by atoms with van der Waals surface area (Å²) in [6, 6.07) is 0.712. The molecule has 4 atom stereocenters. The Balaban J connectivity index is 4.42. The second-order valence-electron chi connectivity index (χ2n) is 5.38. The maximum absolute atomic E-state index is 3.53. The SMILES string of the molecule is CCCC(NC)C(CC)[C@@H](C)C(C)CCC. The number of hydrogen-bond donors (Lipinski definition) is 1. The van der Waals surface area contributed by atoms with Gasteiger partial charge in [-0.1, -0.05) is 60.3 Å². The predicted molar refractivity (Wildman–Crippen MR) is 74.8 cm³/mol. The summed E-state index contributed by atoms with van der Waals surface area (Å²) in [6.07, 6.45) is 6.61. The van der Waals surface area contributed by atoms with Crippen molar-refractivity contribution >= 4 is 0 Å². The minimum Gasteiger partial charge on any atom is -0.317 e. The second kappa shape index (κ2) is 9.04. The highest BCUT2D eigenvalue weighted by Gasteiger charge is 2.26. The average Bonchev–Trinajstić information content (AvgIpc) is 2.28. The Kier molecular flexibility index (Phi) is 9.02. The van der Waals surface area contributed by atoms with Crippen LogP contribution >= 0.6 is 0 Å². The zero-order valence-corrected chi connectivity index (χ0v) is 12.3. The van der Waals surface area contributed by atoms with Crippen molar-refractivity contribution in [3.05, 3.63) is 0 Å². The third-order valence-electron chi connectivity index (χ3n) is 4.28. The lowest BCUT2D eigenvalue weighted by Gasteiger charge is -2.34. The first kappa shape index (κ1) is 16.0. The van der Waals surface area contributed by atoms with E-state index in [4.69, 9.17) is 0 Å². The monoisotopic (exact) mass is 227 g/mol. The normalized spacial score (nSPS) is 19.1. The van der Waals surface area contributed by atoms with E-state index in [1.54, 1.807) is 0 Å². The molecular formula is C15H33N. The molecule has 0 aliphatic heterocycles. The molecule has 0 rings (SSSR count). The van der Waals surface area contributed by atoms with Crippen LogP contribution in [0, 0.1) is 17.8 Å². The highest BCUT2D eigenvalue weighted by atomic mass is 14.9. The molecule has 0 bridgehead atoms. The highest BCUT2D eigenvalue weighted by Crippen LogP contribution is 2.30. The van der Waals surface area contributed by atoms with Crippen molar-refractivity contribution in [3.8, 4) is 0 Å². The van der Waals surface area contributed by atoms with Gasteiger partial charge in [0.05, 0.1) is 0 Å². The first-order valence-electron chi connectivity index (χ1n) is 7.29. The standard InChI is InChI=1S/C15H33N/c1-7-10-12(4)13(5)14(9-3)15(16-6)11-8-2/h12-16H,7-11H2,1-6H3/t12?,13-,14?,15?/m0/s1. The smallest absolute Gasteiger partial charge is 0.00947 e. The fourth-order valence-corrected chi connectivity index (χ4v) is 3.05. The summed E-state index contributed by atoms with van der Waals surface area (Å²) in [4.78, 5) is 0. The molecule has 98 valence electrons. The van der Waals surface area contributed by atoms with Gasteiger partial charge < -0.3 is 5.32 Å². The van der Waals surface area contributed by atoms with Crippen LogP contribution in [0.3, 0.4) is 0 Å². The van der Waals surface area contributed by atoms with Crippen LogP contribution in [0.5, 0.6) is 0 Å². The number of nitrogens with one attached hydrogen (secondary N) is 1. The number of hydrogen-bond acceptors (Lipinski definition) is 1. The van der Waals surface area contributed by atoms with E-state index in [0.717, 1.165) is 17.8 Å². The molecule has 1 nitrogen and oxygen atoms in total. The van der Waals surface area contributed by atoms with E-state index in [-0.39, 0.29) is 0 Å². The fourth-order valence-electron chi connectivity index (χ4n) is 3.05. The molecule has 0 aliphatic rings. The predicted octanol–water partition coefficient (Wildman–Crippen LogP) is 4.47. The highest BCUT2D eigenvalue weighted by molar-refractivity contribution is 4.80. The number of rotatable bonds is 9. The Morgan fingerprint density at radius 2 is 1.50 bits per heavy atom. The van der Waals surface area contributed by atoms with Crippen molar-refractivity contribution in [2.45, 2.75) is 72.8 Å². The molecule has 1 N–H and O–H groups in total. The van der Waals surface area contributed by atoms with Crippen molar-refractivity contribution < 1.29 is 0 Å². The van der Waals surface area contributed by atoms with Crippen LogP contribution in [0.4, 0.5) is 0 Å². The third kappa shape index (κ3) is 4.86. The van der Waals surface area contributed by atoms with E-state index >= 15 is 0 Å². The minimum absolute atomic E-state index is 0.712. The van der Waals surface area contributed by atoms with Gasteiger partial charge in [-0.05, 0) is 31.2 Å². The van der Waals surface area contributed by atoms with Crippen LogP contribution in [-0.2, 0) is 0 Å². The molecule has 0 saturated heterocycles. The van der Waals surface area contributed by atoms with E-state index in [2.05, 4.69) is 47.0 Å². The van der Waals surface area contributed by atoms with Gasteiger partial charge in [0.15, 0.2) is 0 Å². The lowest BCUT2D eigenvalue weighted by atomic mass is 9.75. The van der Waals surface area contributed by atoms with Crippen LogP contribution < -0.4 is 5.32 Å². The largest absolute Gasteiger partial charge is 0.317 e. The molecular weight excluding hydrogens is 194 g/mol. The van der Waals surface area contributed by atoms with Gasteiger partial charge in [-0.15, -0.1) is 0 Å². The molecule has 0 fully saturated rings. The van der Waals surface area contributed by atoms with E-state index < -0.39 is 0 Å². The molecule has 0 aliphatic carbocycles. The molecule has 3 unspecified atom stereocenters. The zero-order chi connectivity index (χ0) is 12.6. The van der Waals surface area contributed by atoms with Gasteiger partial charge in [-0.2, -0.15) is 0 Å². The maximum atomic E-state index is 3.53. The first-order valence-corrected chi connectivity index (χ1v) is 7.29. The topological polar surface area (TPSA) is 12.0 Å². The third-order valence-corrected chi connectivity index (χ3v) is 4.28. The summed E-state index contributed by atoms with van der Waals surface area (Å²) in [5.74, 6) is 2.54. The quantitative estimate of drug-likeness (QED) is 0.612.